The molecule has 42 heavy (non-hydrogen) atoms. The predicted octanol–water partition coefficient (Wildman–Crippen LogP) is 4.22. The zero-order valence-electron chi connectivity index (χ0n) is 23.9. The minimum absolute atomic E-state index is 0.0803. The Kier molecular flexibility index (Phi) is 11.7. The maximum absolute atomic E-state index is 13.7. The molecule has 5 unspecified atom stereocenters. The van der Waals surface area contributed by atoms with E-state index in [9.17, 15) is 19.8 Å². The van der Waals surface area contributed by atoms with Crippen LogP contribution in [0.25, 0.3) is 6.08 Å². The maximum Gasteiger partial charge on any atom is 0.407 e. The van der Waals surface area contributed by atoms with Crippen LogP contribution < -0.4 is 10.6 Å². The van der Waals surface area contributed by atoms with Gasteiger partial charge in [-0.1, -0.05) is 97.1 Å². The van der Waals surface area contributed by atoms with Crippen LogP contribution >= 0.6 is 0 Å². The van der Waals surface area contributed by atoms with Crippen molar-refractivity contribution >= 4 is 18.1 Å². The standard InChI is InChI=1S/C34H40N2O6/c1-41-19-20-42-34(40)35-29(21-25-13-6-3-7-14-25)30(37)23-27(17-10-15-24-11-4-2-5-12-24)33(39)36-32-28-18-9-8-16-26(28)22-31(32)38/h2-16,18,27,29-32,37-38H,17,19-23H2,1H3,(H,35,40)(H,36,39)/b15-10+. The van der Waals surface area contributed by atoms with Crippen molar-refractivity contribution < 1.29 is 29.3 Å². The third-order valence-corrected chi connectivity index (χ3v) is 7.52. The molecule has 5 atom stereocenters. The van der Waals surface area contributed by atoms with Crippen LogP contribution in [-0.2, 0) is 27.1 Å². The van der Waals surface area contributed by atoms with Gasteiger partial charge in [0.1, 0.15) is 6.61 Å². The van der Waals surface area contributed by atoms with Gasteiger partial charge in [-0.15, -0.1) is 0 Å². The van der Waals surface area contributed by atoms with E-state index in [0.29, 0.717) is 19.3 Å². The maximum atomic E-state index is 13.7. The lowest BCUT2D eigenvalue weighted by Crippen LogP contribution is -2.47. The van der Waals surface area contributed by atoms with Crippen molar-refractivity contribution in [1.82, 2.24) is 10.6 Å². The summed E-state index contributed by atoms with van der Waals surface area (Å²) in [5.74, 6) is -0.891. The number of rotatable bonds is 14. The summed E-state index contributed by atoms with van der Waals surface area (Å²) in [5, 5.41) is 28.0. The zero-order valence-corrected chi connectivity index (χ0v) is 23.9. The molecule has 1 aliphatic rings. The predicted molar refractivity (Wildman–Crippen MR) is 162 cm³/mol. The minimum atomic E-state index is -1.05. The number of hydrogen-bond donors (Lipinski definition) is 4. The van der Waals surface area contributed by atoms with Crippen LogP contribution in [0.15, 0.2) is 91.0 Å². The van der Waals surface area contributed by atoms with Crippen molar-refractivity contribution in [3.05, 3.63) is 113 Å². The van der Waals surface area contributed by atoms with Crippen molar-refractivity contribution in [3.8, 4) is 0 Å². The lowest BCUT2D eigenvalue weighted by molar-refractivity contribution is -0.127. The molecule has 0 radical (unpaired) electrons. The van der Waals surface area contributed by atoms with E-state index in [4.69, 9.17) is 9.47 Å². The van der Waals surface area contributed by atoms with Crippen molar-refractivity contribution in [2.45, 2.75) is 50.0 Å². The number of amides is 2. The molecule has 0 aliphatic heterocycles. The molecule has 8 nitrogen and oxygen atoms in total. The first kappa shape index (κ1) is 31.0. The number of carbonyl (C=O) groups is 2. The highest BCUT2D eigenvalue weighted by Crippen LogP contribution is 2.32. The number of aliphatic hydroxyl groups excluding tert-OH is 2. The van der Waals surface area contributed by atoms with Crippen LogP contribution in [0.3, 0.4) is 0 Å². The Morgan fingerprint density at radius 1 is 0.976 bits per heavy atom. The highest BCUT2D eigenvalue weighted by molar-refractivity contribution is 5.80. The molecule has 0 spiro atoms. The Labute approximate surface area is 247 Å². The van der Waals surface area contributed by atoms with Gasteiger partial charge in [0.25, 0.3) is 0 Å². The molecular weight excluding hydrogens is 532 g/mol. The van der Waals surface area contributed by atoms with Crippen LogP contribution in [0.1, 0.15) is 41.1 Å². The fourth-order valence-corrected chi connectivity index (χ4v) is 5.28. The molecule has 8 heteroatoms. The molecule has 222 valence electrons. The molecule has 3 aromatic rings. The molecule has 3 aromatic carbocycles. The van der Waals surface area contributed by atoms with Crippen LogP contribution in [0.5, 0.6) is 0 Å². The van der Waals surface area contributed by atoms with Gasteiger partial charge in [-0.3, -0.25) is 4.79 Å². The second-order valence-electron chi connectivity index (χ2n) is 10.6. The summed E-state index contributed by atoms with van der Waals surface area (Å²) in [6.07, 6.45) is 2.68. The van der Waals surface area contributed by atoms with Gasteiger partial charge in [0.2, 0.25) is 5.91 Å². The molecular formula is C34H40N2O6. The summed E-state index contributed by atoms with van der Waals surface area (Å²) in [6, 6.07) is 25.8. The third kappa shape index (κ3) is 9.01. The molecule has 0 bridgehead atoms. The number of benzene rings is 3. The van der Waals surface area contributed by atoms with E-state index in [2.05, 4.69) is 10.6 Å². The van der Waals surface area contributed by atoms with Crippen LogP contribution in [0.2, 0.25) is 0 Å². The van der Waals surface area contributed by atoms with Crippen molar-refractivity contribution in [2.24, 2.45) is 5.92 Å². The van der Waals surface area contributed by atoms with Crippen LogP contribution in [-0.4, -0.2) is 60.8 Å². The molecule has 4 rings (SSSR count). The SMILES string of the molecule is COCCOC(=O)NC(Cc1ccccc1)C(O)CC(C/C=C/c1ccccc1)C(=O)NC1c2ccccc2CC1O. The largest absolute Gasteiger partial charge is 0.447 e. The molecule has 0 fully saturated rings. The molecule has 1 aliphatic carbocycles. The Morgan fingerprint density at radius 3 is 2.40 bits per heavy atom. The Balaban J connectivity index is 1.51. The summed E-state index contributed by atoms with van der Waals surface area (Å²) in [6.45, 7) is 0.336. The van der Waals surface area contributed by atoms with Gasteiger partial charge in [0, 0.05) is 19.4 Å². The number of fused-ring (bicyclic) bond motifs is 1. The van der Waals surface area contributed by atoms with E-state index in [0.717, 1.165) is 22.3 Å². The van der Waals surface area contributed by atoms with Gasteiger partial charge < -0.3 is 30.3 Å². The first-order chi connectivity index (χ1) is 20.4. The number of alkyl carbamates (subject to hydrolysis) is 1. The summed E-state index contributed by atoms with van der Waals surface area (Å²) >= 11 is 0. The molecule has 2 amide bonds. The number of methoxy groups -OCH3 is 1. The van der Waals surface area contributed by atoms with Gasteiger partial charge in [-0.05, 0) is 41.5 Å². The molecule has 4 N–H and O–H groups in total. The van der Waals surface area contributed by atoms with Gasteiger partial charge in [-0.2, -0.15) is 0 Å². The average molecular weight is 573 g/mol. The van der Waals surface area contributed by atoms with Crippen molar-refractivity contribution in [1.29, 1.82) is 0 Å². The topological polar surface area (TPSA) is 117 Å². The van der Waals surface area contributed by atoms with Gasteiger partial charge in [0.15, 0.2) is 0 Å². The summed E-state index contributed by atoms with van der Waals surface area (Å²) in [7, 11) is 1.52. The highest BCUT2D eigenvalue weighted by atomic mass is 16.6. The Bertz CT molecular complexity index is 1300. The van der Waals surface area contributed by atoms with E-state index in [-0.39, 0.29) is 25.5 Å². The third-order valence-electron chi connectivity index (χ3n) is 7.52. The van der Waals surface area contributed by atoms with E-state index in [1.807, 2.05) is 97.1 Å². The van der Waals surface area contributed by atoms with E-state index >= 15 is 0 Å². The lowest BCUT2D eigenvalue weighted by atomic mass is 9.90. The number of carbonyl (C=O) groups excluding carboxylic acids is 2. The number of allylic oxidation sites excluding steroid dienone is 1. The first-order valence-corrected chi connectivity index (χ1v) is 14.4. The summed E-state index contributed by atoms with van der Waals surface area (Å²) < 4.78 is 10.1. The summed E-state index contributed by atoms with van der Waals surface area (Å²) in [5.41, 5.74) is 3.84. The number of hydrogen-bond acceptors (Lipinski definition) is 6. The smallest absolute Gasteiger partial charge is 0.407 e. The van der Waals surface area contributed by atoms with Crippen LogP contribution in [0.4, 0.5) is 4.79 Å². The normalized spacial score (nSPS) is 18.2. The van der Waals surface area contributed by atoms with Gasteiger partial charge in [0.05, 0.1) is 30.9 Å². The highest BCUT2D eigenvalue weighted by Gasteiger charge is 2.35. The van der Waals surface area contributed by atoms with E-state index < -0.39 is 36.3 Å². The lowest BCUT2D eigenvalue weighted by Gasteiger charge is -2.28. The molecule has 0 saturated carbocycles. The number of aliphatic hydroxyl groups is 2. The molecule has 0 saturated heterocycles. The van der Waals surface area contributed by atoms with Gasteiger partial charge in [-0.25, -0.2) is 4.79 Å². The monoisotopic (exact) mass is 572 g/mol. The Morgan fingerprint density at radius 2 is 1.67 bits per heavy atom. The quantitative estimate of drug-likeness (QED) is 0.215. The Hall–Kier alpha value is -3.98. The molecule has 0 aromatic heterocycles. The van der Waals surface area contributed by atoms with Gasteiger partial charge >= 0.3 is 6.09 Å². The van der Waals surface area contributed by atoms with Crippen molar-refractivity contribution in [3.63, 3.8) is 0 Å². The number of nitrogens with one attached hydrogen (secondary N) is 2. The van der Waals surface area contributed by atoms with Crippen molar-refractivity contribution in [2.75, 3.05) is 20.3 Å². The first-order valence-electron chi connectivity index (χ1n) is 14.4. The van der Waals surface area contributed by atoms with E-state index in [1.54, 1.807) is 0 Å². The fourth-order valence-electron chi connectivity index (χ4n) is 5.28. The van der Waals surface area contributed by atoms with Crippen LogP contribution in [0, 0.1) is 5.92 Å². The average Bonchev–Trinajstić information content (AvgIpc) is 3.31. The summed E-state index contributed by atoms with van der Waals surface area (Å²) in [4.78, 5) is 26.3. The second-order valence-corrected chi connectivity index (χ2v) is 10.6. The minimum Gasteiger partial charge on any atom is -0.447 e. The number of ether oxygens (including phenoxy) is 2. The second kappa shape index (κ2) is 15.9. The zero-order chi connectivity index (χ0) is 29.7. The fraction of sp³-hybridized carbons (Fsp3) is 0.353. The molecule has 0 heterocycles. The van der Waals surface area contributed by atoms with E-state index in [1.165, 1.54) is 7.11 Å².